The van der Waals surface area contributed by atoms with Crippen LogP contribution in [0.4, 0.5) is 0 Å². The molecule has 2 rings (SSSR count). The third kappa shape index (κ3) is 5.08. The van der Waals surface area contributed by atoms with Gasteiger partial charge < -0.3 is 20.3 Å². The second-order valence-electron chi connectivity index (χ2n) is 5.95. The first kappa shape index (κ1) is 17.5. The van der Waals surface area contributed by atoms with E-state index in [2.05, 4.69) is 5.32 Å². The first-order chi connectivity index (χ1) is 11.0. The van der Waals surface area contributed by atoms with Crippen molar-refractivity contribution in [2.75, 3.05) is 13.1 Å². The van der Waals surface area contributed by atoms with Crippen molar-refractivity contribution < 1.29 is 19.6 Å². The highest BCUT2D eigenvalue weighted by Gasteiger charge is 2.27. The molecule has 0 saturated carbocycles. The molecular weight excluding hydrogens is 295 g/mol. The summed E-state index contributed by atoms with van der Waals surface area (Å²) in [5.41, 5.74) is 2.00. The van der Waals surface area contributed by atoms with E-state index in [9.17, 15) is 19.6 Å². The van der Waals surface area contributed by atoms with Gasteiger partial charge in [0.05, 0.1) is 5.94 Å². The lowest BCUT2D eigenvalue weighted by Gasteiger charge is -2.20. The number of benzene rings is 1. The van der Waals surface area contributed by atoms with E-state index < -0.39 is 13.1 Å². The average Bonchev–Trinajstić information content (AvgIpc) is 2.92. The standard InChI is InChI=1S/C16H23BN2O4/c1-12-5-2-3-6-13(12)11-14(17(22)23)18-15(20)8-10-19-9-4-7-16(19)21/h2-3,5-6,14,22-23H,4,7-11H2,1H3,(H,18,20)/t14-/m0/s1. The summed E-state index contributed by atoms with van der Waals surface area (Å²) in [6.07, 6.45) is 1.90. The Balaban J connectivity index is 1.87. The molecule has 7 heteroatoms. The zero-order valence-corrected chi connectivity index (χ0v) is 13.4. The number of nitrogens with zero attached hydrogens (tertiary/aromatic N) is 1. The quantitative estimate of drug-likeness (QED) is 0.620. The van der Waals surface area contributed by atoms with E-state index in [1.54, 1.807) is 4.90 Å². The third-order valence-corrected chi connectivity index (χ3v) is 4.19. The smallest absolute Gasteiger partial charge is 0.426 e. The predicted molar refractivity (Wildman–Crippen MR) is 87.4 cm³/mol. The van der Waals surface area contributed by atoms with Gasteiger partial charge >= 0.3 is 7.12 Å². The molecule has 1 aromatic carbocycles. The van der Waals surface area contributed by atoms with Gasteiger partial charge in [0.25, 0.3) is 0 Å². The number of nitrogens with one attached hydrogen (secondary N) is 1. The van der Waals surface area contributed by atoms with Crippen molar-refractivity contribution in [3.8, 4) is 0 Å². The Morgan fingerprint density at radius 2 is 2.13 bits per heavy atom. The minimum Gasteiger partial charge on any atom is -0.426 e. The topological polar surface area (TPSA) is 89.9 Å². The molecule has 6 nitrogen and oxygen atoms in total. The van der Waals surface area contributed by atoms with E-state index in [0.717, 1.165) is 17.5 Å². The Morgan fingerprint density at radius 1 is 1.39 bits per heavy atom. The molecule has 0 aromatic heterocycles. The number of hydrogen-bond acceptors (Lipinski definition) is 4. The zero-order valence-electron chi connectivity index (χ0n) is 13.4. The number of likely N-dealkylation sites (tertiary alicyclic amines) is 1. The molecule has 0 spiro atoms. The van der Waals surface area contributed by atoms with Gasteiger partial charge in [0.2, 0.25) is 11.8 Å². The minimum absolute atomic E-state index is 0.0800. The van der Waals surface area contributed by atoms with E-state index in [1.807, 2.05) is 31.2 Å². The molecule has 124 valence electrons. The normalized spacial score (nSPS) is 15.6. The van der Waals surface area contributed by atoms with Gasteiger partial charge in [-0.1, -0.05) is 24.3 Å². The van der Waals surface area contributed by atoms with Crippen molar-refractivity contribution in [3.05, 3.63) is 35.4 Å². The van der Waals surface area contributed by atoms with Crippen LogP contribution < -0.4 is 5.32 Å². The van der Waals surface area contributed by atoms with Gasteiger partial charge in [-0.2, -0.15) is 0 Å². The molecular formula is C16H23BN2O4. The van der Waals surface area contributed by atoms with Gasteiger partial charge in [-0.3, -0.25) is 9.59 Å². The van der Waals surface area contributed by atoms with Crippen LogP contribution in [0.1, 0.15) is 30.4 Å². The van der Waals surface area contributed by atoms with Gasteiger partial charge in [-0.25, -0.2) is 0 Å². The van der Waals surface area contributed by atoms with E-state index in [0.29, 0.717) is 25.9 Å². The summed E-state index contributed by atoms with van der Waals surface area (Å²) in [6, 6.07) is 7.63. The lowest BCUT2D eigenvalue weighted by Crippen LogP contribution is -2.48. The number of carbonyl (C=O) groups excluding carboxylic acids is 2. The SMILES string of the molecule is Cc1ccccc1C[C@H](NC(=O)CCN1CCCC1=O)B(O)O. The van der Waals surface area contributed by atoms with E-state index >= 15 is 0 Å². The van der Waals surface area contributed by atoms with Crippen molar-refractivity contribution in [3.63, 3.8) is 0 Å². The Hall–Kier alpha value is -1.86. The monoisotopic (exact) mass is 318 g/mol. The summed E-state index contributed by atoms with van der Waals surface area (Å²) in [4.78, 5) is 25.2. The van der Waals surface area contributed by atoms with Crippen LogP contribution in [0.15, 0.2) is 24.3 Å². The van der Waals surface area contributed by atoms with E-state index in [-0.39, 0.29) is 18.2 Å². The van der Waals surface area contributed by atoms with Crippen LogP contribution in [0.25, 0.3) is 0 Å². The molecule has 1 atom stereocenters. The maximum Gasteiger partial charge on any atom is 0.475 e. The number of amides is 2. The lowest BCUT2D eigenvalue weighted by molar-refractivity contribution is -0.128. The molecule has 1 aliphatic heterocycles. The van der Waals surface area contributed by atoms with Gasteiger partial charge in [-0.15, -0.1) is 0 Å². The minimum atomic E-state index is -1.63. The summed E-state index contributed by atoms with van der Waals surface area (Å²) in [5.74, 6) is -0.967. The van der Waals surface area contributed by atoms with Crippen LogP contribution in [-0.2, 0) is 16.0 Å². The number of aryl methyl sites for hydroxylation is 1. The van der Waals surface area contributed by atoms with Crippen LogP contribution >= 0.6 is 0 Å². The number of carbonyl (C=O) groups is 2. The lowest BCUT2D eigenvalue weighted by atomic mass is 9.75. The van der Waals surface area contributed by atoms with Crippen LogP contribution in [0, 0.1) is 6.92 Å². The molecule has 1 heterocycles. The molecule has 1 aliphatic rings. The molecule has 0 aliphatic carbocycles. The second-order valence-corrected chi connectivity index (χ2v) is 5.95. The Labute approximate surface area is 136 Å². The fourth-order valence-corrected chi connectivity index (χ4v) is 2.76. The van der Waals surface area contributed by atoms with Crippen LogP contribution in [0.2, 0.25) is 0 Å². The fraction of sp³-hybridized carbons (Fsp3) is 0.500. The molecule has 1 aromatic rings. The molecule has 1 saturated heterocycles. The van der Waals surface area contributed by atoms with Crippen LogP contribution in [0.5, 0.6) is 0 Å². The highest BCUT2D eigenvalue weighted by molar-refractivity contribution is 6.43. The van der Waals surface area contributed by atoms with E-state index in [4.69, 9.17) is 0 Å². The summed E-state index contributed by atoms with van der Waals surface area (Å²) in [7, 11) is -1.63. The van der Waals surface area contributed by atoms with Crippen LogP contribution in [0.3, 0.4) is 0 Å². The molecule has 0 unspecified atom stereocenters. The predicted octanol–water partition coefficient (Wildman–Crippen LogP) is 0.0468. The maximum atomic E-state index is 12.0. The zero-order chi connectivity index (χ0) is 16.8. The highest BCUT2D eigenvalue weighted by atomic mass is 16.4. The molecule has 2 amide bonds. The summed E-state index contributed by atoms with van der Waals surface area (Å²) >= 11 is 0. The first-order valence-electron chi connectivity index (χ1n) is 7.95. The average molecular weight is 318 g/mol. The Kier molecular flexibility index (Phi) is 6.18. The maximum absolute atomic E-state index is 12.0. The molecule has 0 radical (unpaired) electrons. The Morgan fingerprint density at radius 3 is 2.74 bits per heavy atom. The van der Waals surface area contributed by atoms with Crippen molar-refractivity contribution in [2.45, 2.75) is 38.5 Å². The van der Waals surface area contributed by atoms with Gasteiger partial charge in [0, 0.05) is 25.9 Å². The molecule has 23 heavy (non-hydrogen) atoms. The molecule has 1 fully saturated rings. The van der Waals surface area contributed by atoms with Crippen molar-refractivity contribution in [1.29, 1.82) is 0 Å². The summed E-state index contributed by atoms with van der Waals surface area (Å²) in [6.45, 7) is 3.02. The van der Waals surface area contributed by atoms with Gasteiger partial charge in [0.1, 0.15) is 0 Å². The second kappa shape index (κ2) is 8.13. The fourth-order valence-electron chi connectivity index (χ4n) is 2.76. The number of rotatable bonds is 7. The number of hydrogen-bond donors (Lipinski definition) is 3. The van der Waals surface area contributed by atoms with Crippen molar-refractivity contribution in [2.24, 2.45) is 0 Å². The third-order valence-electron chi connectivity index (χ3n) is 4.19. The van der Waals surface area contributed by atoms with Crippen LogP contribution in [-0.4, -0.2) is 52.9 Å². The first-order valence-corrected chi connectivity index (χ1v) is 7.95. The van der Waals surface area contributed by atoms with Crippen molar-refractivity contribution >= 4 is 18.9 Å². The van der Waals surface area contributed by atoms with Crippen molar-refractivity contribution in [1.82, 2.24) is 10.2 Å². The molecule has 3 N–H and O–H groups in total. The molecule has 0 bridgehead atoms. The van der Waals surface area contributed by atoms with E-state index in [1.165, 1.54) is 0 Å². The van der Waals surface area contributed by atoms with Gasteiger partial charge in [0.15, 0.2) is 0 Å². The Bertz CT molecular complexity index is 565. The highest BCUT2D eigenvalue weighted by Crippen LogP contribution is 2.12. The largest absolute Gasteiger partial charge is 0.475 e. The summed E-state index contributed by atoms with van der Waals surface area (Å²) < 4.78 is 0. The van der Waals surface area contributed by atoms with Gasteiger partial charge in [-0.05, 0) is 30.9 Å². The summed E-state index contributed by atoms with van der Waals surface area (Å²) in [5, 5.41) is 21.7.